The number of carbonyl (C=O) groups excluding carboxylic acids is 1. The van der Waals surface area contributed by atoms with Crippen molar-refractivity contribution < 1.29 is 9.53 Å². The quantitative estimate of drug-likeness (QED) is 0.545. The fourth-order valence-corrected chi connectivity index (χ4v) is 2.42. The summed E-state index contributed by atoms with van der Waals surface area (Å²) in [6, 6.07) is 8.27. The number of rotatable bonds is 3. The molecular formula is C13H18BNO2. The van der Waals surface area contributed by atoms with Crippen molar-refractivity contribution in [3.8, 4) is 0 Å². The SMILES string of the molecule is Bc1ccccc1CN1CCCC1C(=O)OC. The van der Waals surface area contributed by atoms with Crippen LogP contribution < -0.4 is 5.46 Å². The van der Waals surface area contributed by atoms with Crippen molar-refractivity contribution in [2.45, 2.75) is 25.4 Å². The lowest BCUT2D eigenvalue weighted by molar-refractivity contribution is -0.146. The summed E-state index contributed by atoms with van der Waals surface area (Å²) < 4.78 is 4.85. The van der Waals surface area contributed by atoms with Crippen molar-refractivity contribution in [2.75, 3.05) is 13.7 Å². The van der Waals surface area contributed by atoms with Crippen LogP contribution in [-0.4, -0.2) is 38.4 Å². The fraction of sp³-hybridized carbons (Fsp3) is 0.462. The Hall–Kier alpha value is -1.29. The molecule has 1 heterocycles. The number of nitrogens with zero attached hydrogens (tertiary/aromatic N) is 1. The van der Waals surface area contributed by atoms with Gasteiger partial charge < -0.3 is 4.74 Å². The Labute approximate surface area is 103 Å². The van der Waals surface area contributed by atoms with E-state index in [0.29, 0.717) is 0 Å². The monoisotopic (exact) mass is 231 g/mol. The van der Waals surface area contributed by atoms with Crippen LogP contribution in [-0.2, 0) is 16.1 Å². The normalized spacial score (nSPS) is 20.4. The summed E-state index contributed by atoms with van der Waals surface area (Å²) in [5.41, 5.74) is 2.58. The van der Waals surface area contributed by atoms with Gasteiger partial charge in [0.2, 0.25) is 0 Å². The fourth-order valence-electron chi connectivity index (χ4n) is 2.42. The van der Waals surface area contributed by atoms with Crippen molar-refractivity contribution in [2.24, 2.45) is 0 Å². The average Bonchev–Trinajstić information content (AvgIpc) is 2.79. The lowest BCUT2D eigenvalue weighted by Crippen LogP contribution is -2.37. The molecule has 1 aliphatic heterocycles. The van der Waals surface area contributed by atoms with Gasteiger partial charge in [-0.2, -0.15) is 0 Å². The molecule has 0 N–H and O–H groups in total. The molecule has 1 aliphatic rings. The van der Waals surface area contributed by atoms with E-state index in [1.807, 2.05) is 12.1 Å². The Balaban J connectivity index is 2.08. The first-order valence-corrected chi connectivity index (χ1v) is 6.08. The van der Waals surface area contributed by atoms with Gasteiger partial charge in [-0.3, -0.25) is 9.69 Å². The molecule has 0 radical (unpaired) electrons. The van der Waals surface area contributed by atoms with Gasteiger partial charge in [0.15, 0.2) is 0 Å². The Morgan fingerprint density at radius 3 is 3.00 bits per heavy atom. The highest BCUT2D eigenvalue weighted by Crippen LogP contribution is 2.20. The molecule has 0 aliphatic carbocycles. The van der Waals surface area contributed by atoms with Crippen molar-refractivity contribution >= 4 is 19.3 Å². The molecule has 0 spiro atoms. The lowest BCUT2D eigenvalue weighted by atomic mass is 9.90. The second-order valence-electron chi connectivity index (χ2n) is 4.58. The first-order valence-electron chi connectivity index (χ1n) is 6.08. The van der Waals surface area contributed by atoms with Crippen LogP contribution in [0.3, 0.4) is 0 Å². The maximum absolute atomic E-state index is 11.6. The van der Waals surface area contributed by atoms with Crippen LogP contribution in [0.1, 0.15) is 18.4 Å². The topological polar surface area (TPSA) is 29.5 Å². The maximum atomic E-state index is 11.6. The number of esters is 1. The molecule has 1 fully saturated rings. The van der Waals surface area contributed by atoms with Gasteiger partial charge in [-0.1, -0.05) is 29.7 Å². The summed E-state index contributed by atoms with van der Waals surface area (Å²) in [6.45, 7) is 1.82. The van der Waals surface area contributed by atoms with Gasteiger partial charge >= 0.3 is 5.97 Å². The number of hydrogen-bond donors (Lipinski definition) is 0. The molecule has 17 heavy (non-hydrogen) atoms. The molecule has 1 unspecified atom stereocenters. The molecule has 3 nitrogen and oxygen atoms in total. The average molecular weight is 231 g/mol. The molecule has 90 valence electrons. The van der Waals surface area contributed by atoms with Crippen LogP contribution in [0.15, 0.2) is 24.3 Å². The van der Waals surface area contributed by atoms with E-state index in [-0.39, 0.29) is 12.0 Å². The van der Waals surface area contributed by atoms with Gasteiger partial charge in [-0.15, -0.1) is 0 Å². The van der Waals surface area contributed by atoms with E-state index >= 15 is 0 Å². The molecule has 1 aromatic rings. The zero-order chi connectivity index (χ0) is 12.3. The molecule has 0 aromatic heterocycles. The summed E-state index contributed by atoms with van der Waals surface area (Å²) in [7, 11) is 3.57. The summed E-state index contributed by atoms with van der Waals surface area (Å²) in [5.74, 6) is -0.101. The molecule has 0 saturated carbocycles. The molecule has 1 aromatic carbocycles. The van der Waals surface area contributed by atoms with Crippen LogP contribution in [0.5, 0.6) is 0 Å². The summed E-state index contributed by atoms with van der Waals surface area (Å²) in [4.78, 5) is 13.9. The van der Waals surface area contributed by atoms with Gasteiger partial charge in [-0.25, -0.2) is 0 Å². The van der Waals surface area contributed by atoms with Gasteiger partial charge in [0.1, 0.15) is 13.9 Å². The predicted octanol–water partition coefficient (Wildman–Crippen LogP) is 0.0824. The van der Waals surface area contributed by atoms with E-state index in [2.05, 4.69) is 24.9 Å². The van der Waals surface area contributed by atoms with Gasteiger partial charge in [0.05, 0.1) is 7.11 Å². The highest BCUT2D eigenvalue weighted by molar-refractivity contribution is 6.33. The predicted molar refractivity (Wildman–Crippen MR) is 70.1 cm³/mol. The number of likely N-dealkylation sites (tertiary alicyclic amines) is 1. The minimum absolute atomic E-state index is 0.0559. The van der Waals surface area contributed by atoms with Crippen LogP contribution in [0.4, 0.5) is 0 Å². The minimum Gasteiger partial charge on any atom is -0.468 e. The standard InChI is InChI=1S/C13H18BNO2/c1-17-13(16)12-7-4-8-15(12)9-10-5-2-3-6-11(10)14/h2-3,5-6,12H,4,7-9,14H2,1H3. The lowest BCUT2D eigenvalue weighted by Gasteiger charge is -2.23. The first-order chi connectivity index (χ1) is 8.22. The van der Waals surface area contributed by atoms with E-state index in [0.717, 1.165) is 25.9 Å². The number of carbonyl (C=O) groups is 1. The second kappa shape index (κ2) is 5.36. The molecule has 0 bridgehead atoms. The van der Waals surface area contributed by atoms with E-state index < -0.39 is 0 Å². The van der Waals surface area contributed by atoms with Gasteiger partial charge in [0.25, 0.3) is 0 Å². The largest absolute Gasteiger partial charge is 0.468 e. The van der Waals surface area contributed by atoms with E-state index in [4.69, 9.17) is 4.74 Å². The molecule has 4 heteroatoms. The summed E-state index contributed by atoms with van der Waals surface area (Å²) in [6.07, 6.45) is 1.99. The highest BCUT2D eigenvalue weighted by Gasteiger charge is 2.31. The van der Waals surface area contributed by atoms with Gasteiger partial charge in [0, 0.05) is 6.54 Å². The maximum Gasteiger partial charge on any atom is 0.323 e. The summed E-state index contributed by atoms with van der Waals surface area (Å²) in [5, 5.41) is 0. The Bertz CT molecular complexity index is 408. The minimum atomic E-state index is -0.101. The zero-order valence-electron chi connectivity index (χ0n) is 10.5. The Morgan fingerprint density at radius 1 is 1.53 bits per heavy atom. The van der Waals surface area contributed by atoms with Crippen molar-refractivity contribution in [3.05, 3.63) is 29.8 Å². The highest BCUT2D eigenvalue weighted by atomic mass is 16.5. The Kier molecular flexibility index (Phi) is 3.84. The van der Waals surface area contributed by atoms with Crippen LogP contribution in [0, 0.1) is 0 Å². The van der Waals surface area contributed by atoms with E-state index in [1.54, 1.807) is 0 Å². The van der Waals surface area contributed by atoms with E-state index in [9.17, 15) is 4.79 Å². The molecular weight excluding hydrogens is 213 g/mol. The molecule has 0 amide bonds. The van der Waals surface area contributed by atoms with Crippen LogP contribution in [0.25, 0.3) is 0 Å². The second-order valence-corrected chi connectivity index (χ2v) is 4.58. The number of methoxy groups -OCH3 is 1. The molecule has 1 saturated heterocycles. The molecule has 1 atom stereocenters. The smallest absolute Gasteiger partial charge is 0.323 e. The van der Waals surface area contributed by atoms with Gasteiger partial charge in [-0.05, 0) is 24.9 Å². The summed E-state index contributed by atoms with van der Waals surface area (Å²) >= 11 is 0. The number of ether oxygens (including phenoxy) is 1. The van der Waals surface area contributed by atoms with E-state index in [1.165, 1.54) is 18.1 Å². The first kappa shape index (κ1) is 12.2. The number of hydrogen-bond acceptors (Lipinski definition) is 3. The van der Waals surface area contributed by atoms with Crippen LogP contribution >= 0.6 is 0 Å². The third-order valence-corrected chi connectivity index (χ3v) is 3.47. The zero-order valence-corrected chi connectivity index (χ0v) is 10.5. The third-order valence-electron chi connectivity index (χ3n) is 3.47. The number of benzene rings is 1. The van der Waals surface area contributed by atoms with Crippen LogP contribution in [0.2, 0.25) is 0 Å². The van der Waals surface area contributed by atoms with Crippen molar-refractivity contribution in [3.63, 3.8) is 0 Å². The third kappa shape index (κ3) is 2.69. The van der Waals surface area contributed by atoms with Crippen molar-refractivity contribution in [1.29, 1.82) is 0 Å². The Morgan fingerprint density at radius 2 is 2.29 bits per heavy atom. The van der Waals surface area contributed by atoms with Crippen molar-refractivity contribution in [1.82, 2.24) is 4.90 Å². The molecule has 2 rings (SSSR count).